The maximum absolute atomic E-state index is 12.4. The molecule has 2 aliphatic heterocycles. The molecule has 3 aliphatic rings. The minimum atomic E-state index is -0.249. The minimum Gasteiger partial charge on any atom is -0.450 e. The zero-order valence-electron chi connectivity index (χ0n) is 19.1. The molecule has 2 amide bonds. The zero-order chi connectivity index (χ0) is 22.3. The number of nitrogens with one attached hydrogen (secondary N) is 2. The van der Waals surface area contributed by atoms with Crippen molar-refractivity contribution >= 4 is 23.6 Å². The van der Waals surface area contributed by atoms with Crippen LogP contribution in [0.15, 0.2) is 12.4 Å². The molecule has 9 nitrogen and oxygen atoms in total. The molecule has 2 saturated heterocycles. The molecule has 1 aliphatic carbocycles. The van der Waals surface area contributed by atoms with Gasteiger partial charge in [-0.15, -0.1) is 0 Å². The number of nitrogens with zero attached hydrogens (tertiary/aromatic N) is 4. The summed E-state index contributed by atoms with van der Waals surface area (Å²) < 4.78 is 5.05. The van der Waals surface area contributed by atoms with E-state index in [0.29, 0.717) is 38.1 Å². The highest BCUT2D eigenvalue weighted by molar-refractivity contribution is 5.76. The van der Waals surface area contributed by atoms with Crippen molar-refractivity contribution in [1.82, 2.24) is 20.2 Å². The van der Waals surface area contributed by atoms with Crippen LogP contribution in [0, 0.1) is 5.92 Å². The van der Waals surface area contributed by atoms with E-state index in [0.717, 1.165) is 56.8 Å². The fraction of sp³-hybridized carbons (Fsp3) is 0.739. The third-order valence-corrected chi connectivity index (χ3v) is 6.69. The van der Waals surface area contributed by atoms with Gasteiger partial charge in [-0.1, -0.05) is 0 Å². The van der Waals surface area contributed by atoms with E-state index >= 15 is 0 Å². The first kappa shape index (κ1) is 22.6. The van der Waals surface area contributed by atoms with Crippen LogP contribution in [0.1, 0.15) is 58.3 Å². The van der Waals surface area contributed by atoms with Gasteiger partial charge in [0.05, 0.1) is 6.61 Å². The molecule has 1 aromatic rings. The molecule has 0 unspecified atom stereocenters. The quantitative estimate of drug-likeness (QED) is 0.636. The number of carbonyl (C=O) groups is 2. The molecule has 0 bridgehead atoms. The summed E-state index contributed by atoms with van der Waals surface area (Å²) >= 11 is 0. The molecule has 3 heterocycles. The van der Waals surface area contributed by atoms with Crippen LogP contribution in [0.25, 0.3) is 0 Å². The highest BCUT2D eigenvalue weighted by atomic mass is 16.6. The Hall–Kier alpha value is -2.58. The Kier molecular flexibility index (Phi) is 7.65. The van der Waals surface area contributed by atoms with Crippen molar-refractivity contribution in [2.75, 3.05) is 43.0 Å². The molecule has 1 saturated carbocycles. The smallest absolute Gasteiger partial charge is 0.409 e. The number of aromatic nitrogens is 2. The number of piperidine rings is 2. The van der Waals surface area contributed by atoms with Gasteiger partial charge in [0.1, 0.15) is 18.0 Å². The van der Waals surface area contributed by atoms with Gasteiger partial charge in [-0.25, -0.2) is 14.8 Å². The second-order valence-corrected chi connectivity index (χ2v) is 9.18. The van der Waals surface area contributed by atoms with Crippen molar-refractivity contribution < 1.29 is 14.3 Å². The van der Waals surface area contributed by atoms with Gasteiger partial charge in [-0.2, -0.15) is 0 Å². The molecule has 176 valence electrons. The van der Waals surface area contributed by atoms with Gasteiger partial charge in [0, 0.05) is 50.7 Å². The SMILES string of the molecule is CCOC(=O)N1CCC(NC(=O)CCC2CCN(c3cc(NC4CC4)ncn3)CC2)CC1. The molecule has 0 aromatic carbocycles. The van der Waals surface area contributed by atoms with Gasteiger partial charge in [0.25, 0.3) is 0 Å². The predicted octanol–water partition coefficient (Wildman–Crippen LogP) is 2.78. The molecule has 4 rings (SSSR count). The van der Waals surface area contributed by atoms with Gasteiger partial charge in [-0.05, 0) is 57.8 Å². The van der Waals surface area contributed by atoms with Crippen molar-refractivity contribution in [1.29, 1.82) is 0 Å². The minimum absolute atomic E-state index is 0.133. The normalized spacial score (nSPS) is 20.2. The van der Waals surface area contributed by atoms with Crippen molar-refractivity contribution in [3.8, 4) is 0 Å². The maximum Gasteiger partial charge on any atom is 0.409 e. The number of hydrogen-bond donors (Lipinski definition) is 2. The Morgan fingerprint density at radius 1 is 1.03 bits per heavy atom. The van der Waals surface area contributed by atoms with Crippen LogP contribution in [-0.4, -0.2) is 71.7 Å². The van der Waals surface area contributed by atoms with Crippen LogP contribution in [0.5, 0.6) is 0 Å². The van der Waals surface area contributed by atoms with Crippen LogP contribution in [0.2, 0.25) is 0 Å². The molecule has 0 spiro atoms. The van der Waals surface area contributed by atoms with Crippen LogP contribution in [-0.2, 0) is 9.53 Å². The standard InChI is InChI=1S/C23H36N6O3/c1-2-32-23(31)29-13-9-19(10-14-29)27-22(30)6-3-17-7-11-28(12-8-17)21-15-20(24-16-25-21)26-18-4-5-18/h15-19H,2-14H2,1H3,(H,27,30)(H,24,25,26). The van der Waals surface area contributed by atoms with E-state index in [1.807, 2.05) is 6.92 Å². The summed E-state index contributed by atoms with van der Waals surface area (Å²) in [5.74, 6) is 2.63. The van der Waals surface area contributed by atoms with E-state index in [1.54, 1.807) is 11.2 Å². The van der Waals surface area contributed by atoms with E-state index in [-0.39, 0.29) is 18.0 Å². The zero-order valence-corrected chi connectivity index (χ0v) is 19.1. The van der Waals surface area contributed by atoms with E-state index in [4.69, 9.17) is 4.74 Å². The summed E-state index contributed by atoms with van der Waals surface area (Å²) in [6, 6.07) is 2.80. The van der Waals surface area contributed by atoms with Gasteiger partial charge in [0.15, 0.2) is 0 Å². The lowest BCUT2D eigenvalue weighted by Gasteiger charge is -2.33. The number of rotatable bonds is 8. The van der Waals surface area contributed by atoms with Crippen molar-refractivity contribution in [2.45, 2.75) is 70.4 Å². The summed E-state index contributed by atoms with van der Waals surface area (Å²) in [4.78, 5) is 37.1. The Labute approximate surface area is 190 Å². The number of anilines is 2. The summed E-state index contributed by atoms with van der Waals surface area (Å²) in [5, 5.41) is 6.60. The maximum atomic E-state index is 12.4. The average molecular weight is 445 g/mol. The molecule has 1 aromatic heterocycles. The molecule has 0 radical (unpaired) electrons. The molecule has 9 heteroatoms. The molecule has 3 fully saturated rings. The third kappa shape index (κ3) is 6.46. The van der Waals surface area contributed by atoms with Gasteiger partial charge >= 0.3 is 6.09 Å². The number of likely N-dealkylation sites (tertiary alicyclic amines) is 1. The Morgan fingerprint density at radius 3 is 2.47 bits per heavy atom. The van der Waals surface area contributed by atoms with Gasteiger partial charge in [0.2, 0.25) is 5.91 Å². The first-order chi connectivity index (χ1) is 15.6. The fourth-order valence-electron chi connectivity index (χ4n) is 4.54. The summed E-state index contributed by atoms with van der Waals surface area (Å²) in [5.41, 5.74) is 0. The van der Waals surface area contributed by atoms with Crippen LogP contribution >= 0.6 is 0 Å². The lowest BCUT2D eigenvalue weighted by Crippen LogP contribution is -2.46. The van der Waals surface area contributed by atoms with E-state index in [1.165, 1.54) is 12.8 Å². The topological polar surface area (TPSA) is 99.7 Å². The number of ether oxygens (including phenoxy) is 1. The van der Waals surface area contributed by atoms with Crippen molar-refractivity contribution in [3.63, 3.8) is 0 Å². The number of amides is 2. The van der Waals surface area contributed by atoms with E-state index < -0.39 is 0 Å². The third-order valence-electron chi connectivity index (χ3n) is 6.69. The lowest BCUT2D eigenvalue weighted by atomic mass is 9.92. The van der Waals surface area contributed by atoms with Gasteiger partial charge < -0.3 is 25.2 Å². The lowest BCUT2D eigenvalue weighted by molar-refractivity contribution is -0.122. The Balaban J connectivity index is 1.12. The molecular formula is C23H36N6O3. The molecule has 2 N–H and O–H groups in total. The fourth-order valence-corrected chi connectivity index (χ4v) is 4.54. The molecule has 32 heavy (non-hydrogen) atoms. The molecule has 0 atom stereocenters. The van der Waals surface area contributed by atoms with Crippen LogP contribution in [0.4, 0.5) is 16.4 Å². The van der Waals surface area contributed by atoms with E-state index in [2.05, 4.69) is 31.6 Å². The second-order valence-electron chi connectivity index (χ2n) is 9.18. The van der Waals surface area contributed by atoms with Crippen molar-refractivity contribution in [2.24, 2.45) is 5.92 Å². The van der Waals surface area contributed by atoms with E-state index in [9.17, 15) is 9.59 Å². The van der Waals surface area contributed by atoms with Crippen molar-refractivity contribution in [3.05, 3.63) is 12.4 Å². The highest BCUT2D eigenvalue weighted by Crippen LogP contribution is 2.28. The Bertz CT molecular complexity index is 771. The summed E-state index contributed by atoms with van der Waals surface area (Å²) in [6.07, 6.45) is 9.11. The van der Waals surface area contributed by atoms with Crippen LogP contribution in [0.3, 0.4) is 0 Å². The number of hydrogen-bond acceptors (Lipinski definition) is 7. The first-order valence-corrected chi connectivity index (χ1v) is 12.1. The van der Waals surface area contributed by atoms with Crippen LogP contribution < -0.4 is 15.5 Å². The second kappa shape index (κ2) is 10.8. The summed E-state index contributed by atoms with van der Waals surface area (Å²) in [6.45, 7) is 5.43. The summed E-state index contributed by atoms with van der Waals surface area (Å²) in [7, 11) is 0. The average Bonchev–Trinajstić information content (AvgIpc) is 3.63. The van der Waals surface area contributed by atoms with Gasteiger partial charge in [-0.3, -0.25) is 4.79 Å². The monoisotopic (exact) mass is 444 g/mol. The first-order valence-electron chi connectivity index (χ1n) is 12.1. The largest absolute Gasteiger partial charge is 0.450 e. The molecular weight excluding hydrogens is 408 g/mol. The highest BCUT2D eigenvalue weighted by Gasteiger charge is 2.26. The Morgan fingerprint density at radius 2 is 1.78 bits per heavy atom. The predicted molar refractivity (Wildman–Crippen MR) is 123 cm³/mol. The number of carbonyl (C=O) groups excluding carboxylic acids is 2.